The van der Waals surface area contributed by atoms with E-state index in [1.54, 1.807) is 0 Å². The highest BCUT2D eigenvalue weighted by Gasteiger charge is 2.36. The molecule has 0 aliphatic heterocycles. The Morgan fingerprint density at radius 3 is 2.53 bits per heavy atom. The maximum Gasteiger partial charge on any atom is 0.223 e. The first-order valence-electron chi connectivity index (χ1n) is 8.08. The maximum absolute atomic E-state index is 12.5. The Morgan fingerprint density at radius 1 is 1.21 bits per heavy atom. The fraction of sp³-hybridized carbons (Fsp3) is 0.938. The maximum atomic E-state index is 12.5. The lowest BCUT2D eigenvalue weighted by atomic mass is 9.77. The summed E-state index contributed by atoms with van der Waals surface area (Å²) in [6.45, 7) is 6.73. The topological polar surface area (TPSA) is 55.1 Å². The standard InChI is InChI=1S/C16H30N2O/c1-4-12-5-8-15(11(12)3)18-16(19)14-7-6-13(17)9-10(14)2/h10-15H,4-9,17H2,1-3H3,(H,18,19). The van der Waals surface area contributed by atoms with Crippen LogP contribution >= 0.6 is 0 Å². The van der Waals surface area contributed by atoms with Gasteiger partial charge in [-0.05, 0) is 49.9 Å². The van der Waals surface area contributed by atoms with Gasteiger partial charge in [-0.1, -0.05) is 27.2 Å². The molecule has 6 unspecified atom stereocenters. The van der Waals surface area contributed by atoms with Gasteiger partial charge in [0, 0.05) is 18.0 Å². The molecule has 0 heterocycles. The zero-order valence-electron chi connectivity index (χ0n) is 12.7. The van der Waals surface area contributed by atoms with Crippen LogP contribution in [-0.4, -0.2) is 18.0 Å². The Hall–Kier alpha value is -0.570. The van der Waals surface area contributed by atoms with Crippen LogP contribution in [0.15, 0.2) is 0 Å². The summed E-state index contributed by atoms with van der Waals surface area (Å²) in [5, 5.41) is 3.33. The SMILES string of the molecule is CCC1CCC(NC(=O)C2CCC(N)CC2C)C1C. The summed E-state index contributed by atoms with van der Waals surface area (Å²) in [5.74, 6) is 2.33. The molecule has 1 amide bonds. The Balaban J connectivity index is 1.87. The quantitative estimate of drug-likeness (QED) is 0.825. The number of carbonyl (C=O) groups excluding carboxylic acids is 1. The van der Waals surface area contributed by atoms with Gasteiger partial charge in [-0.15, -0.1) is 0 Å². The summed E-state index contributed by atoms with van der Waals surface area (Å²) in [7, 11) is 0. The van der Waals surface area contributed by atoms with Crippen LogP contribution in [0.5, 0.6) is 0 Å². The molecule has 0 aromatic rings. The highest BCUT2D eigenvalue weighted by Crippen LogP contribution is 2.35. The van der Waals surface area contributed by atoms with Gasteiger partial charge >= 0.3 is 0 Å². The van der Waals surface area contributed by atoms with Gasteiger partial charge in [0.25, 0.3) is 0 Å². The molecule has 3 N–H and O–H groups in total. The van der Waals surface area contributed by atoms with E-state index < -0.39 is 0 Å². The molecule has 2 aliphatic carbocycles. The number of rotatable bonds is 3. The third kappa shape index (κ3) is 3.31. The fourth-order valence-electron chi connectivity index (χ4n) is 4.14. The third-order valence-electron chi connectivity index (χ3n) is 5.63. The summed E-state index contributed by atoms with van der Waals surface area (Å²) in [4.78, 5) is 12.5. The predicted octanol–water partition coefficient (Wildman–Crippen LogP) is 2.69. The number of nitrogens with two attached hydrogens (primary N) is 1. The lowest BCUT2D eigenvalue weighted by Gasteiger charge is -2.33. The van der Waals surface area contributed by atoms with Crippen molar-refractivity contribution in [3.05, 3.63) is 0 Å². The van der Waals surface area contributed by atoms with E-state index in [9.17, 15) is 4.79 Å². The van der Waals surface area contributed by atoms with Crippen LogP contribution in [0.2, 0.25) is 0 Å². The van der Waals surface area contributed by atoms with Gasteiger partial charge in [0.1, 0.15) is 0 Å². The average Bonchev–Trinajstić information content (AvgIpc) is 2.70. The molecular formula is C16H30N2O. The fourth-order valence-corrected chi connectivity index (χ4v) is 4.14. The highest BCUT2D eigenvalue weighted by atomic mass is 16.2. The molecule has 19 heavy (non-hydrogen) atoms. The van der Waals surface area contributed by atoms with Gasteiger partial charge in [0.05, 0.1) is 0 Å². The van der Waals surface area contributed by atoms with Crippen molar-refractivity contribution < 1.29 is 4.79 Å². The van der Waals surface area contributed by atoms with Crippen molar-refractivity contribution in [3.8, 4) is 0 Å². The second kappa shape index (κ2) is 6.25. The molecule has 2 fully saturated rings. The summed E-state index contributed by atoms with van der Waals surface area (Å²) in [6.07, 6.45) is 6.63. The number of nitrogens with one attached hydrogen (secondary N) is 1. The lowest BCUT2D eigenvalue weighted by Crippen LogP contribution is -2.45. The second-order valence-electron chi connectivity index (χ2n) is 6.88. The monoisotopic (exact) mass is 266 g/mol. The van der Waals surface area contributed by atoms with Gasteiger partial charge in [-0.2, -0.15) is 0 Å². The highest BCUT2D eigenvalue weighted by molar-refractivity contribution is 5.79. The van der Waals surface area contributed by atoms with E-state index in [4.69, 9.17) is 5.73 Å². The van der Waals surface area contributed by atoms with Crippen LogP contribution in [0.25, 0.3) is 0 Å². The van der Waals surface area contributed by atoms with Gasteiger partial charge in [-0.3, -0.25) is 4.79 Å². The van der Waals surface area contributed by atoms with Crippen molar-refractivity contribution in [1.29, 1.82) is 0 Å². The van der Waals surface area contributed by atoms with Crippen molar-refractivity contribution in [1.82, 2.24) is 5.32 Å². The summed E-state index contributed by atoms with van der Waals surface area (Å²) >= 11 is 0. The van der Waals surface area contributed by atoms with Gasteiger partial charge < -0.3 is 11.1 Å². The van der Waals surface area contributed by atoms with Gasteiger partial charge in [0.15, 0.2) is 0 Å². The summed E-state index contributed by atoms with van der Waals surface area (Å²) < 4.78 is 0. The second-order valence-corrected chi connectivity index (χ2v) is 6.88. The first-order chi connectivity index (χ1) is 9.02. The summed E-state index contributed by atoms with van der Waals surface area (Å²) in [5.41, 5.74) is 5.98. The third-order valence-corrected chi connectivity index (χ3v) is 5.63. The molecule has 3 heteroatoms. The van der Waals surface area contributed by atoms with Crippen molar-refractivity contribution in [3.63, 3.8) is 0 Å². The van der Waals surface area contributed by atoms with E-state index >= 15 is 0 Å². The molecule has 0 bridgehead atoms. The molecule has 0 radical (unpaired) electrons. The van der Waals surface area contributed by atoms with Crippen LogP contribution in [0.3, 0.4) is 0 Å². The number of hydrogen-bond acceptors (Lipinski definition) is 2. The Labute approximate surface area is 117 Å². The van der Waals surface area contributed by atoms with Gasteiger partial charge in [-0.25, -0.2) is 0 Å². The molecule has 2 saturated carbocycles. The average molecular weight is 266 g/mol. The van der Waals surface area contributed by atoms with Crippen molar-refractivity contribution >= 4 is 5.91 Å². The van der Waals surface area contributed by atoms with E-state index in [-0.39, 0.29) is 11.8 Å². The number of amides is 1. The minimum absolute atomic E-state index is 0.188. The van der Waals surface area contributed by atoms with E-state index in [0.717, 1.165) is 31.6 Å². The predicted molar refractivity (Wildman–Crippen MR) is 78.6 cm³/mol. The Kier molecular flexibility index (Phi) is 4.88. The van der Waals surface area contributed by atoms with Crippen LogP contribution in [0.1, 0.15) is 59.3 Å². The molecule has 3 nitrogen and oxygen atoms in total. The first-order valence-corrected chi connectivity index (χ1v) is 8.08. The number of carbonyl (C=O) groups is 1. The summed E-state index contributed by atoms with van der Waals surface area (Å²) in [6, 6.07) is 0.703. The zero-order valence-corrected chi connectivity index (χ0v) is 12.7. The molecule has 0 aromatic carbocycles. The number of hydrogen-bond donors (Lipinski definition) is 2. The van der Waals surface area contributed by atoms with Crippen molar-refractivity contribution in [2.75, 3.05) is 0 Å². The van der Waals surface area contributed by atoms with E-state index in [1.807, 2.05) is 0 Å². The normalized spacial score (nSPS) is 43.2. The molecule has 0 spiro atoms. The van der Waals surface area contributed by atoms with E-state index in [0.29, 0.717) is 23.9 Å². The van der Waals surface area contributed by atoms with Crippen LogP contribution in [0, 0.1) is 23.7 Å². The minimum atomic E-state index is 0.188. The van der Waals surface area contributed by atoms with Crippen LogP contribution < -0.4 is 11.1 Å². The molecular weight excluding hydrogens is 236 g/mol. The van der Waals surface area contributed by atoms with Crippen molar-refractivity contribution in [2.24, 2.45) is 29.4 Å². The van der Waals surface area contributed by atoms with Crippen LogP contribution in [-0.2, 0) is 4.79 Å². The van der Waals surface area contributed by atoms with Gasteiger partial charge in [0.2, 0.25) is 5.91 Å². The molecule has 110 valence electrons. The van der Waals surface area contributed by atoms with Crippen molar-refractivity contribution in [2.45, 2.75) is 71.4 Å². The van der Waals surface area contributed by atoms with E-state index in [1.165, 1.54) is 12.8 Å². The first kappa shape index (κ1) is 14.8. The van der Waals surface area contributed by atoms with E-state index in [2.05, 4.69) is 26.1 Å². The lowest BCUT2D eigenvalue weighted by molar-refractivity contribution is -0.128. The zero-order chi connectivity index (χ0) is 14.0. The Bertz CT molecular complexity index is 318. The molecule has 0 aromatic heterocycles. The molecule has 6 atom stereocenters. The molecule has 0 saturated heterocycles. The Morgan fingerprint density at radius 2 is 1.95 bits per heavy atom. The minimum Gasteiger partial charge on any atom is -0.353 e. The molecule has 2 aliphatic rings. The smallest absolute Gasteiger partial charge is 0.223 e. The molecule has 2 rings (SSSR count). The largest absolute Gasteiger partial charge is 0.353 e. The van der Waals surface area contributed by atoms with Crippen LogP contribution in [0.4, 0.5) is 0 Å².